The van der Waals surface area contributed by atoms with Gasteiger partial charge >= 0.3 is 0 Å². The van der Waals surface area contributed by atoms with Crippen molar-refractivity contribution >= 4 is 44.4 Å². The minimum Gasteiger partial charge on any atom is -0.494 e. The second kappa shape index (κ2) is 8.71. The van der Waals surface area contributed by atoms with E-state index < -0.39 is 0 Å². The van der Waals surface area contributed by atoms with Crippen LogP contribution >= 0.6 is 23.1 Å². The van der Waals surface area contributed by atoms with E-state index in [-0.39, 0.29) is 5.91 Å². The summed E-state index contributed by atoms with van der Waals surface area (Å²) in [6.07, 6.45) is 1.61. The van der Waals surface area contributed by atoms with E-state index in [0.29, 0.717) is 28.9 Å². The Kier molecular flexibility index (Phi) is 5.87. The van der Waals surface area contributed by atoms with Gasteiger partial charge in [-0.05, 0) is 42.8 Å². The fourth-order valence-corrected chi connectivity index (χ4v) is 4.80. The number of hydrogen-bond acceptors (Lipinski definition) is 6. The Morgan fingerprint density at radius 3 is 2.72 bits per heavy atom. The number of anilines is 1. The molecule has 2 aromatic carbocycles. The third-order valence-corrected chi connectivity index (χ3v) is 6.65. The summed E-state index contributed by atoms with van der Waals surface area (Å²) >= 11 is 3.01. The Bertz CT molecular complexity index is 1110. The average molecular weight is 425 g/mol. The van der Waals surface area contributed by atoms with Crippen molar-refractivity contribution < 1.29 is 13.9 Å². The summed E-state index contributed by atoms with van der Waals surface area (Å²) in [5.41, 5.74) is 1.88. The lowest BCUT2D eigenvalue weighted by Crippen LogP contribution is -2.31. The van der Waals surface area contributed by atoms with Crippen molar-refractivity contribution in [1.29, 1.82) is 0 Å². The first-order valence-corrected chi connectivity index (χ1v) is 10.9. The van der Waals surface area contributed by atoms with Gasteiger partial charge < -0.3 is 9.15 Å². The van der Waals surface area contributed by atoms with Crippen LogP contribution < -0.4 is 9.64 Å². The average Bonchev–Trinajstić information content (AvgIpc) is 3.42. The van der Waals surface area contributed by atoms with E-state index in [9.17, 15) is 4.79 Å². The van der Waals surface area contributed by atoms with Gasteiger partial charge in [0, 0.05) is 4.90 Å². The number of thiazole rings is 1. The van der Waals surface area contributed by atoms with Gasteiger partial charge in [0.25, 0.3) is 0 Å². The topological polar surface area (TPSA) is 55.6 Å². The monoisotopic (exact) mass is 424 g/mol. The predicted molar refractivity (Wildman–Crippen MR) is 118 cm³/mol. The zero-order valence-electron chi connectivity index (χ0n) is 16.1. The third-order valence-electron chi connectivity index (χ3n) is 4.44. The van der Waals surface area contributed by atoms with Crippen molar-refractivity contribution in [3.63, 3.8) is 0 Å². The highest BCUT2D eigenvalue weighted by Crippen LogP contribution is 2.37. The molecular formula is C22H20N2O3S2. The first-order chi connectivity index (χ1) is 14.2. The van der Waals surface area contributed by atoms with Crippen LogP contribution in [-0.2, 0) is 11.3 Å². The fraction of sp³-hybridized carbons (Fsp3) is 0.182. The molecule has 0 saturated heterocycles. The molecule has 7 heteroatoms. The third kappa shape index (κ3) is 4.31. The van der Waals surface area contributed by atoms with Crippen LogP contribution in [0.25, 0.3) is 10.2 Å². The molecule has 4 rings (SSSR count). The molecule has 0 fully saturated rings. The van der Waals surface area contributed by atoms with Crippen LogP contribution in [0.1, 0.15) is 11.3 Å². The van der Waals surface area contributed by atoms with E-state index in [4.69, 9.17) is 14.1 Å². The Labute approximate surface area is 177 Å². The van der Waals surface area contributed by atoms with Crippen LogP contribution in [0.5, 0.6) is 5.75 Å². The Morgan fingerprint density at radius 1 is 1.17 bits per heavy atom. The molecule has 4 aromatic rings. The van der Waals surface area contributed by atoms with Crippen molar-refractivity contribution in [1.82, 2.24) is 4.98 Å². The zero-order chi connectivity index (χ0) is 20.2. The van der Waals surface area contributed by atoms with Gasteiger partial charge in [-0.15, -0.1) is 11.8 Å². The lowest BCUT2D eigenvalue weighted by Gasteiger charge is -2.18. The quantitative estimate of drug-likeness (QED) is 0.365. The molecule has 2 aromatic heterocycles. The van der Waals surface area contributed by atoms with Gasteiger partial charge in [0.15, 0.2) is 5.13 Å². The number of furan rings is 1. The Balaban J connectivity index is 1.66. The number of aryl methyl sites for hydroxylation is 1. The summed E-state index contributed by atoms with van der Waals surface area (Å²) < 4.78 is 12.0. The van der Waals surface area contributed by atoms with Crippen LogP contribution in [0.4, 0.5) is 5.13 Å². The maximum atomic E-state index is 13.2. The van der Waals surface area contributed by atoms with Gasteiger partial charge in [0.1, 0.15) is 17.0 Å². The van der Waals surface area contributed by atoms with Crippen LogP contribution in [0, 0.1) is 6.92 Å². The molecule has 0 N–H and O–H groups in total. The first kappa shape index (κ1) is 19.5. The number of hydrogen-bond donors (Lipinski definition) is 0. The van der Waals surface area contributed by atoms with Crippen molar-refractivity contribution in [3.05, 3.63) is 72.2 Å². The molecule has 0 bridgehead atoms. The molecule has 0 radical (unpaired) electrons. The van der Waals surface area contributed by atoms with E-state index in [1.165, 1.54) is 23.1 Å². The molecule has 0 unspecified atom stereocenters. The standard InChI is InChI=1S/C22H20N2O3S2/c1-15-10-11-18(26-2)20-21(15)29-22(23-20)24(13-16-7-6-12-27-16)19(25)14-28-17-8-4-3-5-9-17/h3-12H,13-14H2,1-2H3. The predicted octanol–water partition coefficient (Wildman–Crippen LogP) is 5.53. The van der Waals surface area contributed by atoms with E-state index in [1.807, 2.05) is 61.5 Å². The van der Waals surface area contributed by atoms with E-state index in [1.54, 1.807) is 18.3 Å². The smallest absolute Gasteiger partial charge is 0.239 e. The van der Waals surface area contributed by atoms with E-state index in [2.05, 4.69) is 0 Å². The fourth-order valence-electron chi connectivity index (χ4n) is 2.94. The number of rotatable bonds is 7. The van der Waals surface area contributed by atoms with Crippen LogP contribution in [0.3, 0.4) is 0 Å². The number of fused-ring (bicyclic) bond motifs is 1. The molecule has 0 aliphatic heterocycles. The SMILES string of the molecule is COc1ccc(C)c2sc(N(Cc3ccco3)C(=O)CSc3ccccc3)nc12. The molecule has 0 aliphatic carbocycles. The van der Waals surface area contributed by atoms with Crippen LogP contribution in [0.2, 0.25) is 0 Å². The highest BCUT2D eigenvalue weighted by Gasteiger charge is 2.23. The highest BCUT2D eigenvalue weighted by atomic mass is 32.2. The number of nitrogens with zero attached hydrogens (tertiary/aromatic N) is 2. The van der Waals surface area contributed by atoms with Crippen molar-refractivity contribution in [3.8, 4) is 5.75 Å². The molecular weight excluding hydrogens is 404 g/mol. The molecule has 2 heterocycles. The van der Waals surface area contributed by atoms with Crippen molar-refractivity contribution in [2.24, 2.45) is 0 Å². The molecule has 0 atom stereocenters. The van der Waals surface area contributed by atoms with Crippen molar-refractivity contribution in [2.75, 3.05) is 17.8 Å². The number of amides is 1. The van der Waals surface area contributed by atoms with Gasteiger partial charge in [0.2, 0.25) is 5.91 Å². The van der Waals surface area contributed by atoms with Crippen molar-refractivity contribution in [2.45, 2.75) is 18.4 Å². The molecule has 0 spiro atoms. The number of carbonyl (C=O) groups is 1. The van der Waals surface area contributed by atoms with Gasteiger partial charge in [-0.1, -0.05) is 35.6 Å². The van der Waals surface area contributed by atoms with Gasteiger partial charge in [-0.2, -0.15) is 0 Å². The first-order valence-electron chi connectivity index (χ1n) is 9.10. The van der Waals surface area contributed by atoms with Gasteiger partial charge in [-0.3, -0.25) is 9.69 Å². The van der Waals surface area contributed by atoms with Crippen LogP contribution in [0.15, 0.2) is 70.2 Å². The Hall–Kier alpha value is -2.77. The normalized spacial score (nSPS) is 11.0. The zero-order valence-corrected chi connectivity index (χ0v) is 17.8. The summed E-state index contributed by atoms with van der Waals surface area (Å²) in [7, 11) is 1.63. The second-order valence-corrected chi connectivity index (χ2v) is 8.45. The van der Waals surface area contributed by atoms with Crippen LogP contribution in [-0.4, -0.2) is 23.8 Å². The molecule has 1 amide bonds. The lowest BCUT2D eigenvalue weighted by molar-refractivity contribution is -0.116. The summed E-state index contributed by atoms with van der Waals surface area (Å²) in [6.45, 7) is 2.37. The molecule has 5 nitrogen and oxygen atoms in total. The minimum absolute atomic E-state index is 0.0223. The summed E-state index contributed by atoms with van der Waals surface area (Å²) in [5.74, 6) is 1.71. The number of carbonyl (C=O) groups excluding carboxylic acids is 1. The largest absolute Gasteiger partial charge is 0.494 e. The second-order valence-electron chi connectivity index (χ2n) is 6.42. The number of ether oxygens (including phenoxy) is 1. The lowest BCUT2D eigenvalue weighted by atomic mass is 10.2. The maximum absolute atomic E-state index is 13.2. The number of benzene rings is 2. The number of methoxy groups -OCH3 is 1. The van der Waals surface area contributed by atoms with Gasteiger partial charge in [-0.25, -0.2) is 4.98 Å². The summed E-state index contributed by atoms with van der Waals surface area (Å²) in [6, 6.07) is 17.5. The van der Waals surface area contributed by atoms with E-state index in [0.717, 1.165) is 20.7 Å². The number of aromatic nitrogens is 1. The summed E-state index contributed by atoms with van der Waals surface area (Å²) in [5, 5.41) is 0.641. The van der Waals surface area contributed by atoms with E-state index >= 15 is 0 Å². The highest BCUT2D eigenvalue weighted by molar-refractivity contribution is 8.00. The molecule has 148 valence electrons. The maximum Gasteiger partial charge on any atom is 0.239 e. The van der Waals surface area contributed by atoms with Gasteiger partial charge in [0.05, 0.1) is 30.4 Å². The number of thioether (sulfide) groups is 1. The molecule has 29 heavy (non-hydrogen) atoms. The summed E-state index contributed by atoms with van der Waals surface area (Å²) in [4.78, 5) is 20.7. The molecule has 0 aliphatic rings. The molecule has 0 saturated carbocycles. The Morgan fingerprint density at radius 2 is 2.00 bits per heavy atom. The minimum atomic E-state index is -0.0223.